The first-order valence-electron chi connectivity index (χ1n) is 8.97. The van der Waals surface area contributed by atoms with Crippen LogP contribution in [0, 0.1) is 5.92 Å². The van der Waals surface area contributed by atoms with E-state index in [0.717, 1.165) is 44.7 Å². The Kier molecular flexibility index (Phi) is 4.12. The van der Waals surface area contributed by atoms with Gasteiger partial charge in [0.2, 0.25) is 0 Å². The van der Waals surface area contributed by atoms with Gasteiger partial charge in [-0.25, -0.2) is 0 Å². The van der Waals surface area contributed by atoms with Crippen molar-refractivity contribution in [2.24, 2.45) is 5.92 Å². The largest absolute Gasteiger partial charge is 0.534 e. The second-order valence-corrected chi connectivity index (χ2v) is 9.28. The Hall–Kier alpha value is -1.61. The Morgan fingerprint density at radius 2 is 1.96 bits per heavy atom. The maximum atomic E-state index is 13.1. The quantitative estimate of drug-likeness (QED) is 0.560. The molecule has 1 saturated heterocycles. The van der Waals surface area contributed by atoms with Gasteiger partial charge < -0.3 is 4.18 Å². The molecule has 0 spiro atoms. The molecular weight excluding hydrogens is 383 g/mol. The number of nitrogens with zero attached hydrogens (tertiary/aromatic N) is 1. The van der Waals surface area contributed by atoms with E-state index in [4.69, 9.17) is 0 Å². The molecule has 0 radical (unpaired) electrons. The lowest BCUT2D eigenvalue weighted by Gasteiger charge is -2.57. The number of likely N-dealkylation sites (tertiary alicyclic amines) is 1. The molecule has 9 heteroatoms. The number of halogens is 3. The number of rotatable bonds is 2. The third-order valence-corrected chi connectivity index (χ3v) is 7.39. The SMILES string of the molecule is CN1CC[C@]23CCCC[C@H]2[C@H]1C(=O)c1ccc(OS(=O)(=O)C(F)(F)F)cc13. The first-order valence-corrected chi connectivity index (χ1v) is 10.4. The van der Waals surface area contributed by atoms with Crippen molar-refractivity contribution in [3.05, 3.63) is 29.3 Å². The number of carbonyl (C=O) groups excluding carboxylic acids is 1. The van der Waals surface area contributed by atoms with Crippen molar-refractivity contribution in [3.63, 3.8) is 0 Å². The third-order valence-electron chi connectivity index (χ3n) is 6.42. The molecule has 0 aromatic heterocycles. The summed E-state index contributed by atoms with van der Waals surface area (Å²) in [6.45, 7) is 0.721. The van der Waals surface area contributed by atoms with Crippen LogP contribution in [0.2, 0.25) is 0 Å². The predicted molar refractivity (Wildman–Crippen MR) is 91.0 cm³/mol. The summed E-state index contributed by atoms with van der Waals surface area (Å²) in [5, 5.41) is 0. The lowest BCUT2D eigenvalue weighted by molar-refractivity contribution is -0.0500. The molecule has 3 atom stereocenters. The highest BCUT2D eigenvalue weighted by Gasteiger charge is 2.56. The van der Waals surface area contributed by atoms with E-state index in [2.05, 4.69) is 9.08 Å². The van der Waals surface area contributed by atoms with Crippen molar-refractivity contribution in [3.8, 4) is 5.75 Å². The summed E-state index contributed by atoms with van der Waals surface area (Å²) in [7, 11) is -3.82. The van der Waals surface area contributed by atoms with Crippen LogP contribution < -0.4 is 4.18 Å². The number of likely N-dealkylation sites (N-methyl/N-ethyl adjacent to an activating group) is 1. The van der Waals surface area contributed by atoms with Crippen molar-refractivity contribution in [1.82, 2.24) is 4.90 Å². The lowest BCUT2D eigenvalue weighted by Crippen LogP contribution is -2.62. The maximum Gasteiger partial charge on any atom is 0.534 e. The van der Waals surface area contributed by atoms with Crippen LogP contribution >= 0.6 is 0 Å². The molecule has 2 fully saturated rings. The van der Waals surface area contributed by atoms with E-state index >= 15 is 0 Å². The van der Waals surface area contributed by atoms with Crippen LogP contribution in [0.1, 0.15) is 48.0 Å². The summed E-state index contributed by atoms with van der Waals surface area (Å²) in [6.07, 6.45) is 4.51. The van der Waals surface area contributed by atoms with Gasteiger partial charge in [0.1, 0.15) is 5.75 Å². The fourth-order valence-corrected chi connectivity index (χ4v) is 5.70. The minimum absolute atomic E-state index is 0.0417. The first kappa shape index (κ1) is 18.7. The lowest BCUT2D eigenvalue weighted by atomic mass is 9.52. The summed E-state index contributed by atoms with van der Waals surface area (Å²) in [5.41, 5.74) is -4.68. The Bertz CT molecular complexity index is 898. The summed E-state index contributed by atoms with van der Waals surface area (Å²) in [6, 6.07) is 3.67. The van der Waals surface area contributed by atoms with E-state index < -0.39 is 21.4 Å². The Balaban J connectivity index is 1.82. The molecule has 1 aromatic carbocycles. The fraction of sp³-hybridized carbons (Fsp3) is 0.611. The molecule has 0 N–H and O–H groups in total. The molecular formula is C18H20F3NO4S. The van der Waals surface area contributed by atoms with E-state index in [1.165, 1.54) is 12.1 Å². The van der Waals surface area contributed by atoms with E-state index in [1.807, 2.05) is 7.05 Å². The van der Waals surface area contributed by atoms with Gasteiger partial charge in [0, 0.05) is 11.0 Å². The van der Waals surface area contributed by atoms with Gasteiger partial charge in [-0.3, -0.25) is 9.69 Å². The molecule has 4 rings (SSSR count). The van der Waals surface area contributed by atoms with Crippen LogP contribution in [0.5, 0.6) is 5.75 Å². The zero-order valence-electron chi connectivity index (χ0n) is 14.8. The van der Waals surface area contributed by atoms with Gasteiger partial charge in [-0.2, -0.15) is 21.6 Å². The molecule has 2 aliphatic carbocycles. The van der Waals surface area contributed by atoms with Gasteiger partial charge in [-0.15, -0.1) is 0 Å². The topological polar surface area (TPSA) is 63.7 Å². The molecule has 1 aromatic rings. The normalized spacial score (nSPS) is 31.2. The summed E-state index contributed by atoms with van der Waals surface area (Å²) >= 11 is 0. The number of alkyl halides is 3. The third kappa shape index (κ3) is 2.69. The molecule has 27 heavy (non-hydrogen) atoms. The Labute approximate surface area is 155 Å². The van der Waals surface area contributed by atoms with Crippen molar-refractivity contribution < 1.29 is 30.6 Å². The summed E-state index contributed by atoms with van der Waals surface area (Å²) in [5.74, 6) is -0.339. The standard InChI is InChI=1S/C18H20F3NO4S/c1-22-9-8-17-7-3-2-4-13(17)15(22)16(23)12-6-5-11(10-14(12)17)26-27(24,25)18(19,20)21/h5-6,10,13,15H,2-4,7-9H2,1H3/t13-,15-,17+/m0/s1. The minimum Gasteiger partial charge on any atom is -0.376 e. The van der Waals surface area contributed by atoms with Crippen molar-refractivity contribution >= 4 is 15.9 Å². The van der Waals surface area contributed by atoms with Gasteiger partial charge in [-0.1, -0.05) is 12.8 Å². The second-order valence-electron chi connectivity index (χ2n) is 7.74. The molecule has 1 saturated carbocycles. The van der Waals surface area contributed by atoms with Crippen LogP contribution in [-0.4, -0.2) is 44.2 Å². The van der Waals surface area contributed by atoms with Gasteiger partial charge in [-0.05, 0) is 62.5 Å². The van der Waals surface area contributed by atoms with Crippen LogP contribution in [0.3, 0.4) is 0 Å². The van der Waals surface area contributed by atoms with E-state index in [0.29, 0.717) is 11.1 Å². The molecule has 1 heterocycles. The molecule has 5 nitrogen and oxygen atoms in total. The average molecular weight is 403 g/mol. The first-order chi connectivity index (χ1) is 12.6. The van der Waals surface area contributed by atoms with E-state index in [1.54, 1.807) is 0 Å². The van der Waals surface area contributed by atoms with Gasteiger partial charge in [0.05, 0.1) is 6.04 Å². The number of hydrogen-bond donors (Lipinski definition) is 0. The van der Waals surface area contributed by atoms with Crippen molar-refractivity contribution in [1.29, 1.82) is 0 Å². The predicted octanol–water partition coefficient (Wildman–Crippen LogP) is 3.24. The number of benzene rings is 1. The van der Waals surface area contributed by atoms with Crippen molar-refractivity contribution in [2.75, 3.05) is 13.6 Å². The second kappa shape index (κ2) is 5.94. The minimum atomic E-state index is -5.75. The number of carbonyl (C=O) groups is 1. The van der Waals surface area contributed by atoms with Crippen LogP contribution in [0.15, 0.2) is 18.2 Å². The summed E-state index contributed by atoms with van der Waals surface area (Å²) < 4.78 is 65.1. The van der Waals surface area contributed by atoms with Gasteiger partial charge >= 0.3 is 15.6 Å². The number of Topliss-reactive ketones (excluding diaryl/α,β-unsaturated/α-hetero) is 1. The van der Waals surface area contributed by atoms with Crippen molar-refractivity contribution in [2.45, 2.75) is 49.1 Å². The molecule has 2 bridgehead atoms. The average Bonchev–Trinajstić information content (AvgIpc) is 2.59. The fourth-order valence-electron chi connectivity index (χ4n) is 5.25. The number of ketones is 1. The molecule has 0 unspecified atom stereocenters. The highest BCUT2D eigenvalue weighted by molar-refractivity contribution is 7.88. The monoisotopic (exact) mass is 403 g/mol. The maximum absolute atomic E-state index is 13.1. The van der Waals surface area contributed by atoms with Gasteiger partial charge in [0.25, 0.3) is 0 Å². The highest BCUT2D eigenvalue weighted by Crippen LogP contribution is 2.56. The van der Waals surface area contributed by atoms with Gasteiger partial charge in [0.15, 0.2) is 5.78 Å². The zero-order valence-corrected chi connectivity index (χ0v) is 15.6. The summed E-state index contributed by atoms with van der Waals surface area (Å²) in [4.78, 5) is 15.1. The Morgan fingerprint density at radius 3 is 2.67 bits per heavy atom. The Morgan fingerprint density at radius 1 is 1.22 bits per heavy atom. The van der Waals surface area contributed by atoms with E-state index in [9.17, 15) is 26.4 Å². The molecule has 148 valence electrons. The number of piperidine rings is 1. The highest BCUT2D eigenvalue weighted by atomic mass is 32.2. The van der Waals surface area contributed by atoms with E-state index in [-0.39, 0.29) is 23.2 Å². The van der Waals surface area contributed by atoms with Crippen LogP contribution in [-0.2, 0) is 15.5 Å². The molecule has 0 amide bonds. The smallest absolute Gasteiger partial charge is 0.376 e. The number of fused-ring (bicyclic) bond motifs is 1. The zero-order chi connectivity index (χ0) is 19.6. The van der Waals surface area contributed by atoms with Crippen LogP contribution in [0.25, 0.3) is 0 Å². The molecule has 3 aliphatic rings. The van der Waals surface area contributed by atoms with Crippen LogP contribution in [0.4, 0.5) is 13.2 Å². The molecule has 1 aliphatic heterocycles. The number of hydrogen-bond acceptors (Lipinski definition) is 5.